The third kappa shape index (κ3) is 5.57. The van der Waals surface area contributed by atoms with E-state index in [9.17, 15) is 0 Å². The monoisotopic (exact) mass is 296 g/mol. The molecule has 1 aromatic rings. The molecule has 0 heterocycles. The molecule has 1 saturated carbocycles. The first-order valence-corrected chi connectivity index (χ1v) is 8.41. The molecule has 0 N–H and O–H groups in total. The number of allylic oxidation sites excluding steroid dienone is 1. The maximum atomic E-state index is 3.36. The number of rotatable bonds is 2. The summed E-state index contributed by atoms with van der Waals surface area (Å²) in [4.78, 5) is 0.999. The van der Waals surface area contributed by atoms with Gasteiger partial charge in [-0.3, -0.25) is 0 Å². The molecule has 17 heavy (non-hydrogen) atoms. The van der Waals surface area contributed by atoms with Gasteiger partial charge < -0.3 is 0 Å². The van der Waals surface area contributed by atoms with E-state index in [1.807, 2.05) is 6.92 Å². The molecule has 1 aromatic carbocycles. The van der Waals surface area contributed by atoms with E-state index in [0.29, 0.717) is 15.0 Å². The Labute approximate surface area is 113 Å². The Balaban J connectivity index is 0.000000437. The van der Waals surface area contributed by atoms with Crippen molar-refractivity contribution in [3.05, 3.63) is 43.0 Å². The normalized spacial score (nSPS) is 23.4. The predicted molar refractivity (Wildman–Crippen MR) is 79.1 cm³/mol. The van der Waals surface area contributed by atoms with Gasteiger partial charge in [0, 0.05) is 0 Å². The fourth-order valence-electron chi connectivity index (χ4n) is 2.13. The van der Waals surface area contributed by atoms with Crippen LogP contribution in [0.2, 0.25) is 4.82 Å². The van der Waals surface area contributed by atoms with Gasteiger partial charge in [0.25, 0.3) is 0 Å². The van der Waals surface area contributed by atoms with Crippen molar-refractivity contribution in [3.63, 3.8) is 0 Å². The van der Waals surface area contributed by atoms with Crippen LogP contribution < -0.4 is 4.46 Å². The first-order valence-electron chi connectivity index (χ1n) is 6.56. The molecule has 0 saturated heterocycles. The molecular weight excluding hydrogens is 271 g/mol. The van der Waals surface area contributed by atoms with Crippen molar-refractivity contribution < 1.29 is 0 Å². The van der Waals surface area contributed by atoms with E-state index >= 15 is 0 Å². The standard InChI is InChI=1S/C13H18Se.C3H6/c1-11-7-5-6-10-13(11)14-12-8-3-2-4-9-12;1-3-2/h2-4,8-9,11,13H,5-7,10H2,1H3;3H,1H2,2H3. The molecule has 1 fully saturated rings. The van der Waals surface area contributed by atoms with E-state index in [-0.39, 0.29) is 0 Å². The first kappa shape index (κ1) is 14.5. The van der Waals surface area contributed by atoms with Crippen LogP contribution in [0.5, 0.6) is 0 Å². The van der Waals surface area contributed by atoms with Gasteiger partial charge in [0.05, 0.1) is 0 Å². The van der Waals surface area contributed by atoms with Crippen LogP contribution in [0.4, 0.5) is 0 Å². The van der Waals surface area contributed by atoms with Crippen molar-refractivity contribution in [1.29, 1.82) is 0 Å². The molecule has 0 radical (unpaired) electrons. The number of hydrogen-bond acceptors (Lipinski definition) is 0. The molecule has 1 heteroatoms. The summed E-state index contributed by atoms with van der Waals surface area (Å²) in [6.45, 7) is 7.69. The Morgan fingerprint density at radius 1 is 1.18 bits per heavy atom. The van der Waals surface area contributed by atoms with E-state index in [2.05, 4.69) is 43.8 Å². The van der Waals surface area contributed by atoms with Gasteiger partial charge >= 0.3 is 93.1 Å². The third-order valence-electron chi connectivity index (χ3n) is 3.06. The Morgan fingerprint density at radius 3 is 2.35 bits per heavy atom. The maximum absolute atomic E-state index is 3.36. The Kier molecular flexibility index (Phi) is 7.32. The van der Waals surface area contributed by atoms with E-state index < -0.39 is 0 Å². The summed E-state index contributed by atoms with van der Waals surface area (Å²) in [5, 5.41) is 0. The van der Waals surface area contributed by atoms with Gasteiger partial charge in [-0.05, 0) is 6.92 Å². The summed E-state index contributed by atoms with van der Waals surface area (Å²) < 4.78 is 1.58. The van der Waals surface area contributed by atoms with E-state index in [1.54, 1.807) is 10.5 Å². The van der Waals surface area contributed by atoms with Crippen molar-refractivity contribution in [1.82, 2.24) is 0 Å². The van der Waals surface area contributed by atoms with E-state index in [0.717, 1.165) is 10.7 Å². The second-order valence-electron chi connectivity index (χ2n) is 4.64. The van der Waals surface area contributed by atoms with E-state index in [1.165, 1.54) is 25.7 Å². The molecular formula is C16H24Se. The average Bonchev–Trinajstić information content (AvgIpc) is 2.35. The summed E-state index contributed by atoms with van der Waals surface area (Å²) in [6, 6.07) is 11.0. The zero-order valence-electron chi connectivity index (χ0n) is 11.1. The Bertz CT molecular complexity index is 305. The third-order valence-corrected chi connectivity index (χ3v) is 6.31. The topological polar surface area (TPSA) is 0 Å². The average molecular weight is 295 g/mol. The molecule has 0 amide bonds. The minimum atomic E-state index is 0.709. The number of hydrogen-bond donors (Lipinski definition) is 0. The molecule has 2 atom stereocenters. The summed E-state index contributed by atoms with van der Waals surface area (Å²) in [6.07, 6.45) is 7.60. The second kappa shape index (κ2) is 8.55. The van der Waals surface area contributed by atoms with Gasteiger partial charge in [0.2, 0.25) is 0 Å². The zero-order valence-corrected chi connectivity index (χ0v) is 12.8. The number of benzene rings is 1. The molecule has 0 aromatic heterocycles. The van der Waals surface area contributed by atoms with Crippen LogP contribution in [-0.2, 0) is 0 Å². The SMILES string of the molecule is C=CC.CC1CCCCC1[Se]c1ccccc1. The molecule has 2 unspecified atom stereocenters. The molecule has 0 nitrogen and oxygen atoms in total. The van der Waals surface area contributed by atoms with Crippen molar-refractivity contribution in [2.45, 2.75) is 44.3 Å². The Morgan fingerprint density at radius 2 is 1.76 bits per heavy atom. The van der Waals surface area contributed by atoms with Crippen molar-refractivity contribution in [2.75, 3.05) is 0 Å². The molecule has 94 valence electrons. The summed E-state index contributed by atoms with van der Waals surface area (Å²) in [5.41, 5.74) is 0. The predicted octanol–water partition coefficient (Wildman–Crippen LogP) is 4.21. The minimum absolute atomic E-state index is 0.709. The van der Waals surface area contributed by atoms with Crippen LogP contribution in [0.15, 0.2) is 43.0 Å². The molecule has 1 aliphatic rings. The van der Waals surface area contributed by atoms with Crippen LogP contribution in [-0.4, -0.2) is 15.0 Å². The molecule has 2 rings (SSSR count). The van der Waals surface area contributed by atoms with Crippen LogP contribution >= 0.6 is 0 Å². The molecule has 1 aliphatic carbocycles. The zero-order chi connectivity index (χ0) is 12.5. The molecule has 0 bridgehead atoms. The summed E-state index contributed by atoms with van der Waals surface area (Å²) in [7, 11) is 0. The quantitative estimate of drug-likeness (QED) is 0.566. The summed E-state index contributed by atoms with van der Waals surface area (Å²) in [5.74, 6) is 0.962. The van der Waals surface area contributed by atoms with Crippen LogP contribution in [0.1, 0.15) is 39.5 Å². The second-order valence-corrected chi connectivity index (χ2v) is 7.39. The van der Waals surface area contributed by atoms with Crippen molar-refractivity contribution >= 4 is 19.4 Å². The fourth-order valence-corrected chi connectivity index (χ4v) is 4.89. The van der Waals surface area contributed by atoms with Crippen LogP contribution in [0, 0.1) is 5.92 Å². The Hall–Kier alpha value is -0.521. The van der Waals surface area contributed by atoms with Gasteiger partial charge in [-0.1, -0.05) is 6.08 Å². The van der Waals surface area contributed by atoms with Gasteiger partial charge in [0.15, 0.2) is 0 Å². The fraction of sp³-hybridized carbons (Fsp3) is 0.500. The first-order chi connectivity index (χ1) is 8.27. The van der Waals surface area contributed by atoms with Crippen LogP contribution in [0.25, 0.3) is 0 Å². The van der Waals surface area contributed by atoms with Crippen molar-refractivity contribution in [2.24, 2.45) is 5.92 Å². The van der Waals surface area contributed by atoms with Crippen LogP contribution in [0.3, 0.4) is 0 Å². The summed E-state index contributed by atoms with van der Waals surface area (Å²) >= 11 is 0.709. The van der Waals surface area contributed by atoms with Gasteiger partial charge in [-0.25, -0.2) is 0 Å². The van der Waals surface area contributed by atoms with Crippen molar-refractivity contribution in [3.8, 4) is 0 Å². The van der Waals surface area contributed by atoms with Gasteiger partial charge in [0.1, 0.15) is 0 Å². The van der Waals surface area contributed by atoms with Gasteiger partial charge in [-0.15, -0.1) is 6.58 Å². The van der Waals surface area contributed by atoms with E-state index in [4.69, 9.17) is 0 Å². The molecule has 0 spiro atoms. The van der Waals surface area contributed by atoms with Gasteiger partial charge in [-0.2, -0.15) is 0 Å². The molecule has 0 aliphatic heterocycles.